The van der Waals surface area contributed by atoms with Crippen LogP contribution in [0.2, 0.25) is 0 Å². The van der Waals surface area contributed by atoms with E-state index in [1.807, 2.05) is 36.5 Å². The van der Waals surface area contributed by atoms with Crippen LogP contribution in [-0.4, -0.2) is 10.9 Å². The number of carbonyl (C=O) groups excluding carboxylic acids is 1. The van der Waals surface area contributed by atoms with Crippen LogP contribution in [-0.2, 0) is 0 Å². The summed E-state index contributed by atoms with van der Waals surface area (Å²) < 4.78 is 5.60. The molecule has 0 aliphatic heterocycles. The van der Waals surface area contributed by atoms with E-state index in [2.05, 4.69) is 4.98 Å². The number of amides is 1. The van der Waals surface area contributed by atoms with Gasteiger partial charge in [0, 0.05) is 12.3 Å². The number of nitriles is 1. The highest BCUT2D eigenvalue weighted by molar-refractivity contribution is 5.93. The molecule has 0 bridgehead atoms. The van der Waals surface area contributed by atoms with Crippen molar-refractivity contribution in [3.05, 3.63) is 53.9 Å². The molecule has 0 saturated heterocycles. The van der Waals surface area contributed by atoms with Crippen molar-refractivity contribution in [2.45, 2.75) is 6.92 Å². The molecule has 2 rings (SSSR count). The van der Waals surface area contributed by atoms with Gasteiger partial charge in [-0.15, -0.1) is 0 Å². The zero-order chi connectivity index (χ0) is 13.7. The van der Waals surface area contributed by atoms with Crippen molar-refractivity contribution in [1.82, 2.24) is 10.3 Å². The highest BCUT2D eigenvalue weighted by Gasteiger charge is 2.07. The quantitative estimate of drug-likeness (QED) is 0.673. The highest BCUT2D eigenvalue weighted by Crippen LogP contribution is 2.21. The van der Waals surface area contributed by atoms with Crippen LogP contribution in [0.4, 0.5) is 0 Å². The molecule has 0 aliphatic carbocycles. The van der Waals surface area contributed by atoms with E-state index < -0.39 is 5.91 Å². The lowest BCUT2D eigenvalue weighted by Crippen LogP contribution is -2.18. The van der Waals surface area contributed by atoms with Crippen LogP contribution in [0, 0.1) is 18.4 Å². The number of ether oxygens (including phenoxy) is 1. The fourth-order valence-electron chi connectivity index (χ4n) is 1.46. The molecule has 0 fully saturated rings. The van der Waals surface area contributed by atoms with E-state index in [0.717, 1.165) is 5.56 Å². The summed E-state index contributed by atoms with van der Waals surface area (Å²) in [6, 6.07) is 10.7. The molecule has 0 saturated carbocycles. The summed E-state index contributed by atoms with van der Waals surface area (Å²) in [4.78, 5) is 15.3. The first kappa shape index (κ1) is 12.6. The Morgan fingerprint density at radius 3 is 2.68 bits per heavy atom. The topological polar surface area (TPSA) is 75.0 Å². The number of hydrogen-bond donors (Lipinski definition) is 1. The predicted octanol–water partition coefficient (Wildman–Crippen LogP) is 2.39. The van der Waals surface area contributed by atoms with Crippen LogP contribution in [0.25, 0.3) is 0 Å². The number of aromatic nitrogens is 1. The van der Waals surface area contributed by atoms with Crippen LogP contribution in [0.15, 0.2) is 42.6 Å². The van der Waals surface area contributed by atoms with Gasteiger partial charge < -0.3 is 4.74 Å². The number of hydrogen-bond acceptors (Lipinski definition) is 4. The maximum Gasteiger partial charge on any atom is 0.282 e. The van der Waals surface area contributed by atoms with Gasteiger partial charge in [0.15, 0.2) is 6.19 Å². The molecule has 1 aromatic heterocycles. The second-order valence-corrected chi connectivity index (χ2v) is 3.86. The number of rotatable bonds is 3. The molecule has 19 heavy (non-hydrogen) atoms. The van der Waals surface area contributed by atoms with E-state index in [0.29, 0.717) is 11.5 Å². The lowest BCUT2D eigenvalue weighted by atomic mass is 10.2. The first-order valence-corrected chi connectivity index (χ1v) is 5.59. The van der Waals surface area contributed by atoms with Crippen molar-refractivity contribution in [2.24, 2.45) is 0 Å². The Bertz CT molecular complexity index is 630. The van der Waals surface area contributed by atoms with Gasteiger partial charge in [0.05, 0.1) is 0 Å². The van der Waals surface area contributed by atoms with Crippen molar-refractivity contribution in [3.8, 4) is 17.7 Å². The van der Waals surface area contributed by atoms with Gasteiger partial charge in [-0.1, -0.05) is 17.7 Å². The van der Waals surface area contributed by atoms with Crippen molar-refractivity contribution in [1.29, 1.82) is 5.26 Å². The molecule has 94 valence electrons. The minimum absolute atomic E-state index is 0.131. The van der Waals surface area contributed by atoms with Crippen LogP contribution >= 0.6 is 0 Å². The number of aryl methyl sites for hydroxylation is 1. The Labute approximate surface area is 110 Å². The smallest absolute Gasteiger partial charge is 0.282 e. The molecular formula is C14H11N3O2. The van der Waals surface area contributed by atoms with Gasteiger partial charge in [-0.25, -0.2) is 0 Å². The third-order valence-electron chi connectivity index (χ3n) is 2.39. The molecule has 1 aromatic carbocycles. The standard InChI is InChI=1S/C14H11N3O2/c1-10-2-4-11(5-3-10)19-12-6-7-16-13(8-12)14(18)17-9-15/h2-8H,1H3,(H,17,18). The van der Waals surface area contributed by atoms with Gasteiger partial charge >= 0.3 is 0 Å². The summed E-state index contributed by atoms with van der Waals surface area (Å²) in [5.74, 6) is 0.599. The SMILES string of the molecule is Cc1ccc(Oc2ccnc(C(=O)NC#N)c2)cc1. The average molecular weight is 253 g/mol. The van der Waals surface area contributed by atoms with Gasteiger partial charge in [0.2, 0.25) is 0 Å². The molecule has 2 aromatic rings. The second kappa shape index (κ2) is 5.65. The van der Waals surface area contributed by atoms with Crippen LogP contribution in [0.5, 0.6) is 11.5 Å². The number of pyridine rings is 1. The Balaban J connectivity index is 2.17. The third-order valence-corrected chi connectivity index (χ3v) is 2.39. The van der Waals surface area contributed by atoms with Crippen LogP contribution < -0.4 is 10.1 Å². The minimum Gasteiger partial charge on any atom is -0.457 e. The van der Waals surface area contributed by atoms with Gasteiger partial charge in [-0.05, 0) is 25.1 Å². The summed E-state index contributed by atoms with van der Waals surface area (Å²) in [5, 5.41) is 10.4. The van der Waals surface area contributed by atoms with Crippen molar-refractivity contribution in [2.75, 3.05) is 0 Å². The molecule has 0 atom stereocenters. The molecule has 1 amide bonds. The van der Waals surface area contributed by atoms with E-state index >= 15 is 0 Å². The van der Waals surface area contributed by atoms with Crippen molar-refractivity contribution >= 4 is 5.91 Å². The maximum atomic E-state index is 11.4. The first-order valence-electron chi connectivity index (χ1n) is 5.59. The van der Waals surface area contributed by atoms with Crippen molar-refractivity contribution in [3.63, 3.8) is 0 Å². The van der Waals surface area contributed by atoms with E-state index in [1.54, 1.807) is 12.3 Å². The van der Waals surface area contributed by atoms with Gasteiger partial charge in [0.25, 0.3) is 5.91 Å². The number of nitrogens with one attached hydrogen (secondary N) is 1. The molecule has 0 radical (unpaired) electrons. The lowest BCUT2D eigenvalue weighted by molar-refractivity contribution is 0.0967. The number of nitrogens with zero attached hydrogens (tertiary/aromatic N) is 2. The van der Waals surface area contributed by atoms with Crippen molar-refractivity contribution < 1.29 is 9.53 Å². The Hall–Kier alpha value is -2.87. The molecular weight excluding hydrogens is 242 g/mol. The molecule has 5 nitrogen and oxygen atoms in total. The highest BCUT2D eigenvalue weighted by atomic mass is 16.5. The maximum absolute atomic E-state index is 11.4. The Morgan fingerprint density at radius 2 is 2.00 bits per heavy atom. The predicted molar refractivity (Wildman–Crippen MR) is 68.6 cm³/mol. The summed E-state index contributed by atoms with van der Waals surface area (Å²) in [5.41, 5.74) is 1.27. The fraction of sp³-hybridized carbons (Fsp3) is 0.0714. The van der Waals surface area contributed by atoms with E-state index in [1.165, 1.54) is 12.3 Å². The minimum atomic E-state index is -0.558. The normalized spacial score (nSPS) is 9.47. The summed E-state index contributed by atoms with van der Waals surface area (Å²) in [6.45, 7) is 1.99. The molecule has 0 unspecified atom stereocenters. The van der Waals surface area contributed by atoms with Gasteiger partial charge in [-0.3, -0.25) is 15.1 Å². The first-order chi connectivity index (χ1) is 9.19. The Kier molecular flexibility index (Phi) is 3.74. The third kappa shape index (κ3) is 3.30. The molecule has 5 heteroatoms. The van der Waals surface area contributed by atoms with Gasteiger partial charge in [0.1, 0.15) is 17.2 Å². The molecule has 1 heterocycles. The fourth-order valence-corrected chi connectivity index (χ4v) is 1.46. The summed E-state index contributed by atoms with van der Waals surface area (Å²) in [6.07, 6.45) is 3.02. The number of benzene rings is 1. The lowest BCUT2D eigenvalue weighted by Gasteiger charge is -2.06. The van der Waals surface area contributed by atoms with Gasteiger partial charge in [-0.2, -0.15) is 5.26 Å². The second-order valence-electron chi connectivity index (χ2n) is 3.86. The van der Waals surface area contributed by atoms with Crippen LogP contribution in [0.1, 0.15) is 16.1 Å². The van der Waals surface area contributed by atoms with E-state index in [-0.39, 0.29) is 5.69 Å². The van der Waals surface area contributed by atoms with E-state index in [4.69, 9.17) is 10.00 Å². The zero-order valence-electron chi connectivity index (χ0n) is 10.3. The number of carbonyl (C=O) groups is 1. The monoisotopic (exact) mass is 253 g/mol. The summed E-state index contributed by atoms with van der Waals surface area (Å²) >= 11 is 0. The van der Waals surface area contributed by atoms with Crippen LogP contribution in [0.3, 0.4) is 0 Å². The zero-order valence-corrected chi connectivity index (χ0v) is 10.3. The van der Waals surface area contributed by atoms with E-state index in [9.17, 15) is 4.79 Å². The summed E-state index contributed by atoms with van der Waals surface area (Å²) in [7, 11) is 0. The molecule has 1 N–H and O–H groups in total. The molecule has 0 aliphatic rings. The Morgan fingerprint density at radius 1 is 1.26 bits per heavy atom. The largest absolute Gasteiger partial charge is 0.457 e. The average Bonchev–Trinajstić information content (AvgIpc) is 2.42. The molecule has 0 spiro atoms.